The average Bonchev–Trinajstić information content (AvgIpc) is 2.60. The van der Waals surface area contributed by atoms with Crippen LogP contribution in [0.4, 0.5) is 0 Å². The lowest BCUT2D eigenvalue weighted by Crippen LogP contribution is -1.87. The van der Waals surface area contributed by atoms with Gasteiger partial charge in [-0.25, -0.2) is 0 Å². The number of unbranched alkanes of at least 4 members (excludes halogenated alkanes) is 14. The fourth-order valence-electron chi connectivity index (χ4n) is 3.35. The lowest BCUT2D eigenvalue weighted by molar-refractivity contribution is 0.532. The van der Waals surface area contributed by atoms with Crippen LogP contribution in [0.3, 0.4) is 0 Å². The highest BCUT2D eigenvalue weighted by Gasteiger charge is 1.96. The second-order valence-electron chi connectivity index (χ2n) is 7.33. The van der Waals surface area contributed by atoms with E-state index in [-0.39, 0.29) is 0 Å². The Balaban J connectivity index is 1.75. The van der Waals surface area contributed by atoms with Crippen molar-refractivity contribution in [3.8, 4) is 0 Å². The van der Waals surface area contributed by atoms with Gasteiger partial charge in [0, 0.05) is 3.57 Å². The van der Waals surface area contributed by atoms with Gasteiger partial charge in [0.15, 0.2) is 0 Å². The Morgan fingerprint density at radius 3 is 1.33 bits per heavy atom. The highest BCUT2D eigenvalue weighted by molar-refractivity contribution is 14.1. The maximum Gasteiger partial charge on any atom is 0.0130 e. The molecule has 0 aliphatic heterocycles. The van der Waals surface area contributed by atoms with Crippen molar-refractivity contribution in [3.63, 3.8) is 0 Å². The van der Waals surface area contributed by atoms with Gasteiger partial charge in [0.05, 0.1) is 0 Å². The van der Waals surface area contributed by atoms with Crippen molar-refractivity contribution in [1.82, 2.24) is 0 Å². The molecular weight excluding hydrogens is 403 g/mol. The summed E-state index contributed by atoms with van der Waals surface area (Å²) in [4.78, 5) is 0. The average molecular weight is 442 g/mol. The molecule has 0 bridgehead atoms. The Hall–Kier alpha value is -0.0500. The summed E-state index contributed by atoms with van der Waals surface area (Å²) in [5.74, 6) is 0. The van der Waals surface area contributed by atoms with Crippen LogP contribution in [0, 0.1) is 3.57 Å². The van der Waals surface area contributed by atoms with Crippen molar-refractivity contribution >= 4 is 22.6 Å². The van der Waals surface area contributed by atoms with Crippen molar-refractivity contribution in [2.75, 3.05) is 0 Å². The van der Waals surface area contributed by atoms with E-state index in [1.807, 2.05) is 0 Å². The van der Waals surface area contributed by atoms with E-state index < -0.39 is 0 Å². The minimum absolute atomic E-state index is 1.26. The number of hydrogen-bond acceptors (Lipinski definition) is 0. The van der Waals surface area contributed by atoms with Crippen molar-refractivity contribution in [3.05, 3.63) is 33.4 Å². The molecule has 1 aromatic carbocycles. The zero-order valence-corrected chi connectivity index (χ0v) is 18.2. The normalized spacial score (nSPS) is 11.1. The molecule has 0 aliphatic carbocycles. The van der Waals surface area contributed by atoms with Gasteiger partial charge in [-0.05, 0) is 53.1 Å². The maximum absolute atomic E-state index is 2.38. The van der Waals surface area contributed by atoms with E-state index in [0.717, 1.165) is 0 Å². The molecule has 0 amide bonds. The van der Waals surface area contributed by atoms with Gasteiger partial charge in [-0.1, -0.05) is 109 Å². The highest BCUT2D eigenvalue weighted by Crippen LogP contribution is 2.14. The van der Waals surface area contributed by atoms with E-state index in [4.69, 9.17) is 0 Å². The maximum atomic E-state index is 2.38. The predicted octanol–water partition coefficient (Wildman–Crippen LogP) is 8.71. The number of benzene rings is 1. The molecular formula is C23H39I. The SMILES string of the molecule is CCCCCCCCCCCCCCCCCc1ccc(I)cc1. The number of halogens is 1. The van der Waals surface area contributed by atoms with Crippen molar-refractivity contribution < 1.29 is 0 Å². The third kappa shape index (κ3) is 13.3. The number of rotatable bonds is 16. The Morgan fingerprint density at radius 2 is 0.917 bits per heavy atom. The lowest BCUT2D eigenvalue weighted by Gasteiger charge is -2.04. The second-order valence-corrected chi connectivity index (χ2v) is 8.57. The molecule has 0 nitrogen and oxygen atoms in total. The van der Waals surface area contributed by atoms with Gasteiger partial charge in [-0.3, -0.25) is 0 Å². The number of hydrogen-bond donors (Lipinski definition) is 0. The van der Waals surface area contributed by atoms with Crippen molar-refractivity contribution in [2.45, 2.75) is 110 Å². The molecule has 0 heterocycles. The zero-order chi connectivity index (χ0) is 17.3. The van der Waals surface area contributed by atoms with Crippen molar-refractivity contribution in [2.24, 2.45) is 0 Å². The molecule has 0 aliphatic rings. The first-order valence-corrected chi connectivity index (χ1v) is 11.6. The Morgan fingerprint density at radius 1 is 0.542 bits per heavy atom. The topological polar surface area (TPSA) is 0 Å². The Kier molecular flexibility index (Phi) is 15.0. The van der Waals surface area contributed by atoms with Crippen LogP contribution < -0.4 is 0 Å². The standard InChI is InChI=1S/C23H39I/c1-2-3-4-5-6-7-8-9-10-11-12-13-14-15-16-17-22-18-20-23(24)21-19-22/h18-21H,2-17H2,1H3. The van der Waals surface area contributed by atoms with Crippen LogP contribution in [0.5, 0.6) is 0 Å². The summed E-state index contributed by atoms with van der Waals surface area (Å²) in [7, 11) is 0. The van der Waals surface area contributed by atoms with Crippen LogP contribution in [-0.2, 0) is 6.42 Å². The van der Waals surface area contributed by atoms with E-state index in [9.17, 15) is 0 Å². The molecule has 0 spiro atoms. The van der Waals surface area contributed by atoms with Crippen LogP contribution >= 0.6 is 22.6 Å². The molecule has 1 rings (SSSR count). The summed E-state index contributed by atoms with van der Waals surface area (Å²) in [5.41, 5.74) is 1.50. The van der Waals surface area contributed by atoms with Crippen LogP contribution in [0.25, 0.3) is 0 Å². The first-order chi connectivity index (χ1) is 11.8. The van der Waals surface area contributed by atoms with Gasteiger partial charge < -0.3 is 0 Å². The molecule has 1 aromatic rings. The van der Waals surface area contributed by atoms with Gasteiger partial charge in [0.2, 0.25) is 0 Å². The minimum Gasteiger partial charge on any atom is -0.0654 e. The van der Waals surface area contributed by atoms with Crippen LogP contribution in [-0.4, -0.2) is 0 Å². The second kappa shape index (κ2) is 16.4. The van der Waals surface area contributed by atoms with Crippen LogP contribution in [0.2, 0.25) is 0 Å². The molecule has 0 fully saturated rings. The van der Waals surface area contributed by atoms with Gasteiger partial charge in [0.25, 0.3) is 0 Å². The van der Waals surface area contributed by atoms with E-state index in [1.165, 1.54) is 112 Å². The number of aryl methyl sites for hydroxylation is 1. The van der Waals surface area contributed by atoms with Gasteiger partial charge >= 0.3 is 0 Å². The quantitative estimate of drug-likeness (QED) is 0.177. The molecule has 0 saturated heterocycles. The highest BCUT2D eigenvalue weighted by atomic mass is 127. The molecule has 1 heteroatoms. The van der Waals surface area contributed by atoms with Gasteiger partial charge in [0.1, 0.15) is 0 Å². The largest absolute Gasteiger partial charge is 0.0654 e. The van der Waals surface area contributed by atoms with E-state index >= 15 is 0 Å². The molecule has 0 unspecified atom stereocenters. The summed E-state index contributed by atoms with van der Waals surface area (Å²) < 4.78 is 1.34. The summed E-state index contributed by atoms with van der Waals surface area (Å²) in [6.07, 6.45) is 22.9. The monoisotopic (exact) mass is 442 g/mol. The fourth-order valence-corrected chi connectivity index (χ4v) is 3.71. The molecule has 0 aromatic heterocycles. The molecule has 0 saturated carbocycles. The molecule has 0 atom stereocenters. The van der Waals surface area contributed by atoms with E-state index in [1.54, 1.807) is 0 Å². The zero-order valence-electron chi connectivity index (χ0n) is 16.0. The smallest absolute Gasteiger partial charge is 0.0130 e. The molecule has 0 N–H and O–H groups in total. The van der Waals surface area contributed by atoms with Crippen molar-refractivity contribution in [1.29, 1.82) is 0 Å². The van der Waals surface area contributed by atoms with E-state index in [0.29, 0.717) is 0 Å². The first kappa shape index (κ1) is 22.0. The molecule has 138 valence electrons. The third-order valence-electron chi connectivity index (χ3n) is 4.98. The summed E-state index contributed by atoms with van der Waals surface area (Å²) in [6.45, 7) is 2.30. The summed E-state index contributed by atoms with van der Waals surface area (Å²) >= 11 is 2.38. The Bertz CT molecular complexity index is 368. The van der Waals surface area contributed by atoms with Crippen LogP contribution in [0.1, 0.15) is 109 Å². The molecule has 24 heavy (non-hydrogen) atoms. The van der Waals surface area contributed by atoms with E-state index in [2.05, 4.69) is 53.8 Å². The minimum atomic E-state index is 1.26. The summed E-state index contributed by atoms with van der Waals surface area (Å²) in [5, 5.41) is 0. The lowest BCUT2D eigenvalue weighted by atomic mass is 10.0. The predicted molar refractivity (Wildman–Crippen MR) is 118 cm³/mol. The fraction of sp³-hybridized carbons (Fsp3) is 0.739. The van der Waals surface area contributed by atoms with Crippen LogP contribution in [0.15, 0.2) is 24.3 Å². The first-order valence-electron chi connectivity index (χ1n) is 10.6. The summed E-state index contributed by atoms with van der Waals surface area (Å²) in [6, 6.07) is 9.01. The third-order valence-corrected chi connectivity index (χ3v) is 5.70. The molecule has 0 radical (unpaired) electrons. The van der Waals surface area contributed by atoms with Gasteiger partial charge in [-0.2, -0.15) is 0 Å². The Labute approximate surface area is 165 Å². The van der Waals surface area contributed by atoms with Gasteiger partial charge in [-0.15, -0.1) is 0 Å².